The number of aromatic nitrogens is 1. The molecule has 1 aliphatic rings. The molecule has 2 aromatic carbocycles. The number of hydrogen-bond acceptors (Lipinski definition) is 3. The first-order valence-corrected chi connectivity index (χ1v) is 11.2. The third kappa shape index (κ3) is 4.89. The van der Waals surface area contributed by atoms with Gasteiger partial charge < -0.3 is 19.7 Å². The summed E-state index contributed by atoms with van der Waals surface area (Å²) in [7, 11) is 0. The second-order valence-electron chi connectivity index (χ2n) is 8.65. The number of hydrogen-bond donors (Lipinski definition) is 2. The number of aromatic amines is 1. The van der Waals surface area contributed by atoms with Gasteiger partial charge in [0.2, 0.25) is 5.91 Å². The van der Waals surface area contributed by atoms with Gasteiger partial charge in [-0.15, -0.1) is 0 Å². The molecule has 0 spiro atoms. The number of carbonyl (C=O) groups is 1. The summed E-state index contributed by atoms with van der Waals surface area (Å²) >= 11 is 6.23. The molecule has 0 radical (unpaired) electrons. The quantitative estimate of drug-likeness (QED) is 0.598. The summed E-state index contributed by atoms with van der Waals surface area (Å²) < 4.78 is 5.93. The summed E-state index contributed by atoms with van der Waals surface area (Å²) in [5, 5.41) is 12.9. The zero-order valence-corrected chi connectivity index (χ0v) is 18.8. The number of para-hydroxylation sites is 1. The van der Waals surface area contributed by atoms with Crippen molar-refractivity contribution in [2.75, 3.05) is 19.7 Å². The number of carbonyl (C=O) groups excluding carboxylic acids is 1. The van der Waals surface area contributed by atoms with Gasteiger partial charge in [-0.05, 0) is 68.0 Å². The van der Waals surface area contributed by atoms with Crippen LogP contribution in [0.3, 0.4) is 0 Å². The molecule has 0 saturated carbocycles. The van der Waals surface area contributed by atoms with Crippen molar-refractivity contribution in [1.29, 1.82) is 0 Å². The molecule has 2 N–H and O–H groups in total. The molecule has 0 bridgehead atoms. The molecule has 1 aliphatic heterocycles. The Balaban J connectivity index is 1.36. The summed E-state index contributed by atoms with van der Waals surface area (Å²) in [6.07, 6.45) is 4.13. The minimum Gasteiger partial charge on any atom is -0.491 e. The number of benzene rings is 2. The predicted molar refractivity (Wildman–Crippen MR) is 124 cm³/mol. The third-order valence-corrected chi connectivity index (χ3v) is 6.80. The van der Waals surface area contributed by atoms with E-state index in [1.54, 1.807) is 0 Å². The van der Waals surface area contributed by atoms with Crippen LogP contribution in [0.5, 0.6) is 5.75 Å². The van der Waals surface area contributed by atoms with Crippen LogP contribution in [-0.2, 0) is 11.2 Å². The number of H-pyrrole nitrogens is 1. The van der Waals surface area contributed by atoms with Gasteiger partial charge in [-0.1, -0.05) is 29.8 Å². The second-order valence-corrected chi connectivity index (χ2v) is 9.03. The first kappa shape index (κ1) is 21.7. The third-order valence-electron chi connectivity index (χ3n) is 6.20. The topological polar surface area (TPSA) is 65.6 Å². The van der Waals surface area contributed by atoms with Crippen LogP contribution in [0.25, 0.3) is 10.9 Å². The fourth-order valence-electron chi connectivity index (χ4n) is 4.33. The smallest absolute Gasteiger partial charge is 0.227 e. The zero-order chi connectivity index (χ0) is 22.0. The van der Waals surface area contributed by atoms with E-state index in [-0.39, 0.29) is 12.5 Å². The lowest BCUT2D eigenvalue weighted by Crippen LogP contribution is -2.38. The van der Waals surface area contributed by atoms with Crippen molar-refractivity contribution >= 4 is 28.4 Å². The van der Waals surface area contributed by atoms with E-state index >= 15 is 0 Å². The minimum absolute atomic E-state index is 0.0962. The maximum atomic E-state index is 12.9. The van der Waals surface area contributed by atoms with Crippen molar-refractivity contribution in [2.45, 2.75) is 45.1 Å². The van der Waals surface area contributed by atoms with Crippen LogP contribution in [0.4, 0.5) is 0 Å². The van der Waals surface area contributed by atoms with Crippen LogP contribution in [-0.4, -0.2) is 46.2 Å². The summed E-state index contributed by atoms with van der Waals surface area (Å²) in [5.41, 5.74) is 3.02. The van der Waals surface area contributed by atoms with E-state index in [1.165, 1.54) is 0 Å². The number of nitrogens with one attached hydrogen (secondary N) is 1. The van der Waals surface area contributed by atoms with Crippen LogP contribution in [0, 0.1) is 13.8 Å². The molecule has 1 aromatic heterocycles. The van der Waals surface area contributed by atoms with Crippen molar-refractivity contribution in [3.05, 3.63) is 64.3 Å². The molecule has 1 saturated heterocycles. The molecule has 0 aliphatic carbocycles. The van der Waals surface area contributed by atoms with Crippen molar-refractivity contribution in [1.82, 2.24) is 9.88 Å². The van der Waals surface area contributed by atoms with Gasteiger partial charge >= 0.3 is 0 Å². The van der Waals surface area contributed by atoms with E-state index in [4.69, 9.17) is 16.3 Å². The highest BCUT2D eigenvalue weighted by molar-refractivity contribution is 6.32. The van der Waals surface area contributed by atoms with Crippen LogP contribution in [0.15, 0.2) is 42.6 Å². The van der Waals surface area contributed by atoms with Gasteiger partial charge in [0.05, 0.1) is 6.42 Å². The number of fused-ring (bicyclic) bond motifs is 1. The van der Waals surface area contributed by atoms with Crippen LogP contribution < -0.4 is 4.74 Å². The maximum absolute atomic E-state index is 12.9. The lowest BCUT2D eigenvalue weighted by Gasteiger charge is -2.27. The Morgan fingerprint density at radius 1 is 1.19 bits per heavy atom. The highest BCUT2D eigenvalue weighted by Crippen LogP contribution is 2.29. The van der Waals surface area contributed by atoms with Crippen LogP contribution in [0.1, 0.15) is 36.0 Å². The van der Waals surface area contributed by atoms with Crippen LogP contribution >= 0.6 is 11.6 Å². The van der Waals surface area contributed by atoms with E-state index in [9.17, 15) is 9.90 Å². The first-order chi connectivity index (χ1) is 14.8. The predicted octanol–water partition coefficient (Wildman–Crippen LogP) is 4.80. The van der Waals surface area contributed by atoms with Gasteiger partial charge in [0, 0.05) is 35.2 Å². The second kappa shape index (κ2) is 8.93. The largest absolute Gasteiger partial charge is 0.491 e. The Hall–Kier alpha value is -2.50. The van der Waals surface area contributed by atoms with Gasteiger partial charge in [0.25, 0.3) is 0 Å². The molecule has 3 aromatic rings. The van der Waals surface area contributed by atoms with Gasteiger partial charge in [-0.3, -0.25) is 4.79 Å². The van der Waals surface area contributed by atoms with E-state index in [0.717, 1.165) is 39.0 Å². The minimum atomic E-state index is -0.947. The van der Waals surface area contributed by atoms with Crippen molar-refractivity contribution in [2.24, 2.45) is 0 Å². The molecule has 1 unspecified atom stereocenters. The van der Waals surface area contributed by atoms with E-state index in [1.807, 2.05) is 61.3 Å². The number of halogens is 1. The summed E-state index contributed by atoms with van der Waals surface area (Å²) in [5.74, 6) is 0.809. The van der Waals surface area contributed by atoms with Crippen molar-refractivity contribution < 1.29 is 14.6 Å². The monoisotopic (exact) mass is 440 g/mol. The average Bonchev–Trinajstić information content (AvgIpc) is 3.04. The van der Waals surface area contributed by atoms with Crippen molar-refractivity contribution in [3.8, 4) is 5.75 Å². The number of rotatable bonds is 5. The summed E-state index contributed by atoms with van der Waals surface area (Å²) in [6, 6.07) is 11.8. The molecular weight excluding hydrogens is 412 g/mol. The highest BCUT2D eigenvalue weighted by atomic mass is 35.5. The SMILES string of the molecule is Cc1cc(OCC2(O)CCCN(C(=O)Cc3c[nH]c4ccccc34)CC2)cc(C)c1Cl. The zero-order valence-electron chi connectivity index (χ0n) is 18.1. The molecule has 31 heavy (non-hydrogen) atoms. The fraction of sp³-hybridized carbons (Fsp3) is 0.400. The number of amides is 1. The number of nitrogens with zero attached hydrogens (tertiary/aromatic N) is 1. The summed E-state index contributed by atoms with van der Waals surface area (Å²) in [4.78, 5) is 18.0. The molecule has 4 rings (SSSR count). The lowest BCUT2D eigenvalue weighted by atomic mass is 9.96. The van der Waals surface area contributed by atoms with E-state index < -0.39 is 5.60 Å². The Morgan fingerprint density at radius 2 is 1.94 bits per heavy atom. The van der Waals surface area contributed by atoms with E-state index in [2.05, 4.69) is 4.98 Å². The molecule has 6 heteroatoms. The molecule has 1 atom stereocenters. The van der Waals surface area contributed by atoms with Gasteiger partial charge in [-0.2, -0.15) is 0 Å². The van der Waals surface area contributed by atoms with Gasteiger partial charge in [-0.25, -0.2) is 0 Å². The Bertz CT molecular complexity index is 1070. The van der Waals surface area contributed by atoms with Crippen molar-refractivity contribution in [3.63, 3.8) is 0 Å². The fourth-order valence-corrected chi connectivity index (χ4v) is 4.44. The van der Waals surface area contributed by atoms with E-state index in [0.29, 0.717) is 38.1 Å². The standard InChI is InChI=1S/C25H29ClN2O3/c1-17-12-20(13-18(2)24(17)26)31-16-25(30)8-5-10-28(11-9-25)23(29)14-19-15-27-22-7-4-3-6-21(19)22/h3-4,6-7,12-13,15,27,30H,5,8-11,14,16H2,1-2H3. The summed E-state index contributed by atoms with van der Waals surface area (Å²) in [6.45, 7) is 5.28. The number of aryl methyl sites for hydroxylation is 2. The molecule has 164 valence electrons. The first-order valence-electron chi connectivity index (χ1n) is 10.8. The number of likely N-dealkylation sites (tertiary alicyclic amines) is 1. The molecular formula is C25H29ClN2O3. The highest BCUT2D eigenvalue weighted by Gasteiger charge is 2.32. The molecule has 1 amide bonds. The van der Waals surface area contributed by atoms with Crippen LogP contribution in [0.2, 0.25) is 5.02 Å². The Labute approximate surface area is 188 Å². The molecule has 2 heterocycles. The maximum Gasteiger partial charge on any atom is 0.227 e. The molecule has 5 nitrogen and oxygen atoms in total. The number of aliphatic hydroxyl groups is 1. The molecule has 1 fully saturated rings. The normalized spacial score (nSPS) is 19.4. The average molecular weight is 441 g/mol. The number of ether oxygens (including phenoxy) is 1. The Morgan fingerprint density at radius 3 is 2.71 bits per heavy atom. The Kier molecular flexibility index (Phi) is 6.26. The van der Waals surface area contributed by atoms with Gasteiger partial charge in [0.1, 0.15) is 18.0 Å². The lowest BCUT2D eigenvalue weighted by molar-refractivity contribution is -0.130. The van der Waals surface area contributed by atoms with Gasteiger partial charge in [0.15, 0.2) is 0 Å².